The molecule has 0 spiro atoms. The van der Waals surface area contributed by atoms with Crippen LogP contribution in [0.3, 0.4) is 0 Å². The average Bonchev–Trinajstić information content (AvgIpc) is 2.97. The standard InChI is InChI=1S/C17H23ClFN3O2/c18-15-6-12(19)4-3-11(15)9-22-5-1-2-13(10-22)21-17(24)16-7-14(23)8-20-16/h3-4,6,13-14,16,20,23H,1-2,5,7-10H2,(H,21,24)/t13-,14-,16+/m1/s1. The van der Waals surface area contributed by atoms with E-state index in [4.69, 9.17) is 11.6 Å². The number of hydrogen-bond acceptors (Lipinski definition) is 4. The largest absolute Gasteiger partial charge is 0.392 e. The van der Waals surface area contributed by atoms with Gasteiger partial charge in [0, 0.05) is 30.7 Å². The first-order valence-electron chi connectivity index (χ1n) is 8.39. The van der Waals surface area contributed by atoms with E-state index in [0.29, 0.717) is 24.5 Å². The Labute approximate surface area is 146 Å². The minimum atomic E-state index is -0.441. The van der Waals surface area contributed by atoms with Gasteiger partial charge in [-0.25, -0.2) is 4.39 Å². The number of nitrogens with one attached hydrogen (secondary N) is 2. The molecule has 2 saturated heterocycles. The molecule has 0 radical (unpaired) electrons. The number of aliphatic hydroxyl groups excluding tert-OH is 1. The molecule has 0 aromatic heterocycles. The summed E-state index contributed by atoms with van der Waals surface area (Å²) in [7, 11) is 0. The third-order valence-electron chi connectivity index (χ3n) is 4.69. The lowest BCUT2D eigenvalue weighted by atomic mass is 10.0. The zero-order valence-electron chi connectivity index (χ0n) is 13.5. The minimum Gasteiger partial charge on any atom is -0.392 e. The molecule has 132 valence electrons. The van der Waals surface area contributed by atoms with Crippen molar-refractivity contribution in [3.8, 4) is 0 Å². The lowest BCUT2D eigenvalue weighted by Crippen LogP contribution is -2.51. The van der Waals surface area contributed by atoms with Gasteiger partial charge in [0.1, 0.15) is 5.82 Å². The molecule has 0 saturated carbocycles. The quantitative estimate of drug-likeness (QED) is 0.761. The summed E-state index contributed by atoms with van der Waals surface area (Å²) in [6.45, 7) is 2.79. The van der Waals surface area contributed by atoms with Gasteiger partial charge in [-0.1, -0.05) is 17.7 Å². The van der Waals surface area contributed by atoms with E-state index in [9.17, 15) is 14.3 Å². The van der Waals surface area contributed by atoms with E-state index in [2.05, 4.69) is 15.5 Å². The topological polar surface area (TPSA) is 64.6 Å². The van der Waals surface area contributed by atoms with Crippen molar-refractivity contribution in [3.63, 3.8) is 0 Å². The second-order valence-electron chi connectivity index (χ2n) is 6.67. The van der Waals surface area contributed by atoms with Gasteiger partial charge in [0.15, 0.2) is 0 Å². The molecule has 3 rings (SSSR count). The van der Waals surface area contributed by atoms with Crippen LogP contribution < -0.4 is 10.6 Å². The van der Waals surface area contributed by atoms with Crippen LogP contribution in [0.15, 0.2) is 18.2 Å². The molecule has 2 heterocycles. The Balaban J connectivity index is 1.53. The minimum absolute atomic E-state index is 0.0433. The van der Waals surface area contributed by atoms with Crippen molar-refractivity contribution >= 4 is 17.5 Å². The van der Waals surface area contributed by atoms with Crippen molar-refractivity contribution in [3.05, 3.63) is 34.6 Å². The highest BCUT2D eigenvalue weighted by Gasteiger charge is 2.30. The molecule has 1 amide bonds. The number of aliphatic hydroxyl groups is 1. The van der Waals surface area contributed by atoms with E-state index >= 15 is 0 Å². The predicted molar refractivity (Wildman–Crippen MR) is 90.3 cm³/mol. The number of halogens is 2. The lowest BCUT2D eigenvalue weighted by Gasteiger charge is -2.33. The van der Waals surface area contributed by atoms with E-state index in [0.717, 1.165) is 31.5 Å². The molecular weight excluding hydrogens is 333 g/mol. The van der Waals surface area contributed by atoms with Crippen LogP contribution in [-0.4, -0.2) is 53.7 Å². The van der Waals surface area contributed by atoms with Gasteiger partial charge in [0.05, 0.1) is 12.1 Å². The van der Waals surface area contributed by atoms with Crippen LogP contribution in [0.2, 0.25) is 5.02 Å². The van der Waals surface area contributed by atoms with Crippen LogP contribution >= 0.6 is 11.6 Å². The zero-order chi connectivity index (χ0) is 17.1. The van der Waals surface area contributed by atoms with Crippen LogP contribution in [0.4, 0.5) is 4.39 Å². The Kier molecular flexibility index (Phi) is 5.71. The second-order valence-corrected chi connectivity index (χ2v) is 7.08. The normalized spacial score (nSPS) is 28.0. The maximum Gasteiger partial charge on any atom is 0.237 e. The van der Waals surface area contributed by atoms with Crippen LogP contribution in [0.1, 0.15) is 24.8 Å². The first-order chi connectivity index (χ1) is 11.5. The Bertz CT molecular complexity index is 601. The van der Waals surface area contributed by atoms with Gasteiger partial charge in [0.25, 0.3) is 0 Å². The molecule has 2 aliphatic rings. The number of amides is 1. The van der Waals surface area contributed by atoms with Crippen molar-refractivity contribution in [2.75, 3.05) is 19.6 Å². The molecule has 5 nitrogen and oxygen atoms in total. The van der Waals surface area contributed by atoms with Crippen molar-refractivity contribution in [1.29, 1.82) is 0 Å². The Morgan fingerprint density at radius 3 is 3.04 bits per heavy atom. The number of β-amino-alcohol motifs (C(OH)–C–C–N with tert-alkyl or cyclic N) is 1. The number of carbonyl (C=O) groups is 1. The number of hydrogen-bond donors (Lipinski definition) is 3. The smallest absolute Gasteiger partial charge is 0.237 e. The van der Waals surface area contributed by atoms with Gasteiger partial charge < -0.3 is 15.7 Å². The molecule has 2 aliphatic heterocycles. The van der Waals surface area contributed by atoms with E-state index in [-0.39, 0.29) is 23.8 Å². The number of piperidine rings is 1. The molecule has 0 bridgehead atoms. The predicted octanol–water partition coefficient (Wildman–Crippen LogP) is 1.28. The number of nitrogens with zero attached hydrogens (tertiary/aromatic N) is 1. The van der Waals surface area contributed by atoms with Gasteiger partial charge in [-0.15, -0.1) is 0 Å². The fourth-order valence-corrected chi connectivity index (χ4v) is 3.65. The second kappa shape index (κ2) is 7.78. The van der Waals surface area contributed by atoms with Gasteiger partial charge in [-0.2, -0.15) is 0 Å². The molecule has 3 atom stereocenters. The number of likely N-dealkylation sites (tertiary alicyclic amines) is 1. The summed E-state index contributed by atoms with van der Waals surface area (Å²) < 4.78 is 13.1. The Hall–Kier alpha value is -1.21. The summed E-state index contributed by atoms with van der Waals surface area (Å²) in [5.41, 5.74) is 0.894. The molecular formula is C17H23ClFN3O2. The third-order valence-corrected chi connectivity index (χ3v) is 5.04. The van der Waals surface area contributed by atoms with Crippen LogP contribution in [-0.2, 0) is 11.3 Å². The fourth-order valence-electron chi connectivity index (χ4n) is 3.43. The van der Waals surface area contributed by atoms with E-state index in [1.807, 2.05) is 0 Å². The fraction of sp³-hybridized carbons (Fsp3) is 0.588. The first kappa shape index (κ1) is 17.6. The van der Waals surface area contributed by atoms with Gasteiger partial charge >= 0.3 is 0 Å². The Morgan fingerprint density at radius 2 is 2.33 bits per heavy atom. The van der Waals surface area contributed by atoms with Crippen LogP contribution in [0.25, 0.3) is 0 Å². The molecule has 0 unspecified atom stereocenters. The summed E-state index contributed by atoms with van der Waals surface area (Å²) in [4.78, 5) is 14.5. The lowest BCUT2D eigenvalue weighted by molar-refractivity contribution is -0.124. The van der Waals surface area contributed by atoms with Gasteiger partial charge in [-0.05, 0) is 43.5 Å². The van der Waals surface area contributed by atoms with Crippen molar-refractivity contribution in [2.45, 2.75) is 44.0 Å². The molecule has 24 heavy (non-hydrogen) atoms. The van der Waals surface area contributed by atoms with E-state index in [1.54, 1.807) is 6.07 Å². The maximum atomic E-state index is 13.1. The summed E-state index contributed by atoms with van der Waals surface area (Å²) in [6, 6.07) is 4.24. The summed E-state index contributed by atoms with van der Waals surface area (Å²) in [5, 5.41) is 16.1. The molecule has 0 aliphatic carbocycles. The molecule has 7 heteroatoms. The maximum absolute atomic E-state index is 13.1. The summed E-state index contributed by atoms with van der Waals surface area (Å²) in [5.74, 6) is -0.378. The van der Waals surface area contributed by atoms with Gasteiger partial charge in [0.2, 0.25) is 5.91 Å². The van der Waals surface area contributed by atoms with E-state index in [1.165, 1.54) is 12.1 Å². The zero-order valence-corrected chi connectivity index (χ0v) is 14.2. The first-order valence-corrected chi connectivity index (χ1v) is 8.77. The van der Waals surface area contributed by atoms with Gasteiger partial charge in [-0.3, -0.25) is 9.69 Å². The highest BCUT2D eigenvalue weighted by atomic mass is 35.5. The monoisotopic (exact) mass is 355 g/mol. The van der Waals surface area contributed by atoms with E-state index < -0.39 is 6.10 Å². The average molecular weight is 356 g/mol. The molecule has 3 N–H and O–H groups in total. The third kappa shape index (κ3) is 4.45. The summed E-state index contributed by atoms with van der Waals surface area (Å²) in [6.07, 6.45) is 1.95. The van der Waals surface area contributed by atoms with Crippen molar-refractivity contribution in [2.24, 2.45) is 0 Å². The van der Waals surface area contributed by atoms with Crippen LogP contribution in [0.5, 0.6) is 0 Å². The highest BCUT2D eigenvalue weighted by molar-refractivity contribution is 6.31. The van der Waals surface area contributed by atoms with Crippen LogP contribution in [0, 0.1) is 5.82 Å². The van der Waals surface area contributed by atoms with Crippen molar-refractivity contribution < 1.29 is 14.3 Å². The molecule has 1 aromatic rings. The van der Waals surface area contributed by atoms with Crippen molar-refractivity contribution in [1.82, 2.24) is 15.5 Å². The SMILES string of the molecule is O=C(N[C@@H]1CCCN(Cc2ccc(F)cc2Cl)C1)[C@@H]1C[C@@H](O)CN1. The number of carbonyl (C=O) groups excluding carboxylic acids is 1. The Morgan fingerprint density at radius 1 is 1.50 bits per heavy atom. The molecule has 2 fully saturated rings. The summed E-state index contributed by atoms with van der Waals surface area (Å²) >= 11 is 6.10. The highest BCUT2D eigenvalue weighted by Crippen LogP contribution is 2.21. The molecule has 1 aromatic carbocycles. The number of rotatable bonds is 4. The number of benzene rings is 1.